The zero-order chi connectivity index (χ0) is 18.4. The topological polar surface area (TPSA) is 122 Å². The number of carbonyl (C=O) groups is 2. The number of nitro benzene ring substituents is 1. The minimum atomic E-state index is -1.11. The molecule has 1 amide bonds. The lowest BCUT2D eigenvalue weighted by atomic mass is 9.83. The molecule has 132 valence electrons. The third-order valence-electron chi connectivity index (χ3n) is 4.23. The van der Waals surface area contributed by atoms with Crippen LogP contribution in [-0.2, 0) is 9.53 Å². The number of rotatable bonds is 5. The van der Waals surface area contributed by atoms with Gasteiger partial charge in [0.05, 0.1) is 16.6 Å². The highest BCUT2D eigenvalue weighted by Gasteiger charge is 2.35. The fourth-order valence-corrected chi connectivity index (χ4v) is 2.79. The maximum atomic E-state index is 12.3. The maximum absolute atomic E-state index is 12.3. The summed E-state index contributed by atoms with van der Waals surface area (Å²) in [5, 5.41) is 22.8. The molecule has 8 nitrogen and oxygen atoms in total. The van der Waals surface area contributed by atoms with E-state index in [9.17, 15) is 25.0 Å². The van der Waals surface area contributed by atoms with Gasteiger partial charge >= 0.3 is 5.97 Å². The van der Waals surface area contributed by atoms with Crippen LogP contribution in [-0.4, -0.2) is 28.4 Å². The standard InChI is InChI=1S/C17H19N3O5/c1-12(15(21)19-17(11-18)8-3-2-4-9-17)25-16(22)13-6-5-7-14(10-13)20(23)24/h5-7,10,12H,2-4,8-9H2,1H3,(H,19,21)/t12-/m0/s1. The van der Waals surface area contributed by atoms with Crippen LogP contribution in [0.2, 0.25) is 0 Å². The maximum Gasteiger partial charge on any atom is 0.339 e. The molecular weight excluding hydrogens is 326 g/mol. The second-order valence-corrected chi connectivity index (χ2v) is 6.10. The molecule has 25 heavy (non-hydrogen) atoms. The lowest BCUT2D eigenvalue weighted by molar-refractivity contribution is -0.384. The summed E-state index contributed by atoms with van der Waals surface area (Å²) in [5.41, 5.74) is -1.17. The molecule has 1 aliphatic carbocycles. The Labute approximate surface area is 144 Å². The van der Waals surface area contributed by atoms with E-state index in [4.69, 9.17) is 4.74 Å². The van der Waals surface area contributed by atoms with Gasteiger partial charge in [-0.05, 0) is 25.8 Å². The number of carbonyl (C=O) groups excluding carboxylic acids is 2. The van der Waals surface area contributed by atoms with Crippen molar-refractivity contribution in [2.45, 2.75) is 50.7 Å². The Kier molecular flexibility index (Phi) is 5.70. The molecule has 8 heteroatoms. The number of benzene rings is 1. The molecule has 0 heterocycles. The van der Waals surface area contributed by atoms with Crippen molar-refractivity contribution in [2.75, 3.05) is 0 Å². The van der Waals surface area contributed by atoms with Crippen molar-refractivity contribution in [3.63, 3.8) is 0 Å². The number of esters is 1. The predicted octanol–water partition coefficient (Wildman–Crippen LogP) is 2.48. The molecular formula is C17H19N3O5. The van der Waals surface area contributed by atoms with E-state index in [0.29, 0.717) is 12.8 Å². The minimum Gasteiger partial charge on any atom is -0.449 e. The number of hydrogen-bond donors (Lipinski definition) is 1. The number of nitro groups is 1. The first-order valence-corrected chi connectivity index (χ1v) is 8.05. The van der Waals surface area contributed by atoms with E-state index in [0.717, 1.165) is 25.3 Å². The number of nitrogens with one attached hydrogen (secondary N) is 1. The van der Waals surface area contributed by atoms with Gasteiger partial charge in [0.25, 0.3) is 11.6 Å². The fraction of sp³-hybridized carbons (Fsp3) is 0.471. The van der Waals surface area contributed by atoms with Crippen molar-refractivity contribution >= 4 is 17.6 Å². The number of non-ortho nitro benzene ring substituents is 1. The van der Waals surface area contributed by atoms with Gasteiger partial charge < -0.3 is 10.1 Å². The average molecular weight is 345 g/mol. The zero-order valence-electron chi connectivity index (χ0n) is 13.9. The lowest BCUT2D eigenvalue weighted by Crippen LogP contribution is -2.52. The summed E-state index contributed by atoms with van der Waals surface area (Å²) in [6.07, 6.45) is 2.77. The highest BCUT2D eigenvalue weighted by molar-refractivity contribution is 5.92. The highest BCUT2D eigenvalue weighted by Crippen LogP contribution is 2.27. The van der Waals surface area contributed by atoms with E-state index < -0.39 is 28.4 Å². The largest absolute Gasteiger partial charge is 0.449 e. The number of amides is 1. The van der Waals surface area contributed by atoms with Crippen molar-refractivity contribution in [1.82, 2.24) is 5.32 Å². The summed E-state index contributed by atoms with van der Waals surface area (Å²) in [6.45, 7) is 1.40. The van der Waals surface area contributed by atoms with Crippen molar-refractivity contribution in [3.8, 4) is 6.07 Å². The van der Waals surface area contributed by atoms with Crippen LogP contribution in [0.25, 0.3) is 0 Å². The molecule has 0 spiro atoms. The van der Waals surface area contributed by atoms with Crippen LogP contribution < -0.4 is 5.32 Å². The Morgan fingerprint density at radius 1 is 1.36 bits per heavy atom. The third-order valence-corrected chi connectivity index (χ3v) is 4.23. The lowest BCUT2D eigenvalue weighted by Gasteiger charge is -2.32. The van der Waals surface area contributed by atoms with Gasteiger partial charge in [0.15, 0.2) is 6.10 Å². The fourth-order valence-electron chi connectivity index (χ4n) is 2.79. The number of nitrogens with zero attached hydrogens (tertiary/aromatic N) is 2. The molecule has 1 aromatic rings. The van der Waals surface area contributed by atoms with E-state index in [-0.39, 0.29) is 11.3 Å². The number of ether oxygens (including phenoxy) is 1. The average Bonchev–Trinajstić information content (AvgIpc) is 2.62. The van der Waals surface area contributed by atoms with Crippen LogP contribution in [0, 0.1) is 21.4 Å². The Balaban J connectivity index is 2.01. The molecule has 1 fully saturated rings. The zero-order valence-corrected chi connectivity index (χ0v) is 13.9. The Bertz CT molecular complexity index is 719. The monoisotopic (exact) mass is 345 g/mol. The smallest absolute Gasteiger partial charge is 0.339 e. The quantitative estimate of drug-likeness (QED) is 0.497. The second kappa shape index (κ2) is 7.75. The molecule has 0 bridgehead atoms. The molecule has 1 atom stereocenters. The first kappa shape index (κ1) is 18.4. The van der Waals surface area contributed by atoms with Crippen LogP contribution >= 0.6 is 0 Å². The Hall–Kier alpha value is -2.95. The molecule has 0 saturated heterocycles. The molecule has 1 aliphatic rings. The van der Waals surface area contributed by atoms with E-state index in [1.54, 1.807) is 0 Å². The van der Waals surface area contributed by atoms with E-state index >= 15 is 0 Å². The number of nitriles is 1. The summed E-state index contributed by atoms with van der Waals surface area (Å²) in [7, 11) is 0. The van der Waals surface area contributed by atoms with Gasteiger partial charge in [-0.1, -0.05) is 25.3 Å². The molecule has 1 aromatic carbocycles. The van der Waals surface area contributed by atoms with Gasteiger partial charge in [-0.15, -0.1) is 0 Å². The van der Waals surface area contributed by atoms with Crippen LogP contribution in [0.4, 0.5) is 5.69 Å². The normalized spacial score (nSPS) is 17.0. The molecule has 2 rings (SSSR count). The summed E-state index contributed by atoms with van der Waals surface area (Å²) < 4.78 is 5.08. The summed E-state index contributed by atoms with van der Waals surface area (Å²) in [4.78, 5) is 34.5. The van der Waals surface area contributed by atoms with Gasteiger partial charge in [-0.2, -0.15) is 5.26 Å². The first-order valence-electron chi connectivity index (χ1n) is 8.05. The van der Waals surface area contributed by atoms with E-state index in [1.165, 1.54) is 25.1 Å². The molecule has 0 aromatic heterocycles. The van der Waals surface area contributed by atoms with Gasteiger partial charge in [-0.25, -0.2) is 4.79 Å². The SMILES string of the molecule is C[C@H](OC(=O)c1cccc([N+](=O)[O-])c1)C(=O)NC1(C#N)CCCCC1. The minimum absolute atomic E-state index is 0.0125. The summed E-state index contributed by atoms with van der Waals surface area (Å²) in [6, 6.07) is 7.25. The van der Waals surface area contributed by atoms with Crippen LogP contribution in [0.1, 0.15) is 49.4 Å². The first-order chi connectivity index (χ1) is 11.9. The van der Waals surface area contributed by atoms with Gasteiger partial charge in [0, 0.05) is 12.1 Å². The van der Waals surface area contributed by atoms with Crippen LogP contribution in [0.3, 0.4) is 0 Å². The van der Waals surface area contributed by atoms with E-state index in [1.807, 2.05) is 0 Å². The van der Waals surface area contributed by atoms with Crippen molar-refractivity contribution < 1.29 is 19.2 Å². The molecule has 0 aliphatic heterocycles. The van der Waals surface area contributed by atoms with Gasteiger partial charge in [0.2, 0.25) is 0 Å². The molecule has 1 saturated carbocycles. The van der Waals surface area contributed by atoms with E-state index in [2.05, 4.69) is 11.4 Å². The molecule has 0 radical (unpaired) electrons. The molecule has 1 N–H and O–H groups in total. The van der Waals surface area contributed by atoms with Gasteiger partial charge in [-0.3, -0.25) is 14.9 Å². The van der Waals surface area contributed by atoms with Crippen molar-refractivity contribution in [3.05, 3.63) is 39.9 Å². The predicted molar refractivity (Wildman–Crippen MR) is 87.5 cm³/mol. The molecule has 0 unspecified atom stereocenters. The Morgan fingerprint density at radius 3 is 2.64 bits per heavy atom. The summed E-state index contributed by atoms with van der Waals surface area (Å²) in [5.74, 6) is -1.39. The van der Waals surface area contributed by atoms with Crippen molar-refractivity contribution in [2.24, 2.45) is 0 Å². The third kappa shape index (κ3) is 4.53. The van der Waals surface area contributed by atoms with Crippen molar-refractivity contribution in [1.29, 1.82) is 5.26 Å². The highest BCUT2D eigenvalue weighted by atomic mass is 16.6. The number of hydrogen-bond acceptors (Lipinski definition) is 6. The second-order valence-electron chi connectivity index (χ2n) is 6.10. The summed E-state index contributed by atoms with van der Waals surface area (Å²) >= 11 is 0. The van der Waals surface area contributed by atoms with Crippen LogP contribution in [0.15, 0.2) is 24.3 Å². The Morgan fingerprint density at radius 2 is 2.04 bits per heavy atom. The van der Waals surface area contributed by atoms with Crippen LogP contribution in [0.5, 0.6) is 0 Å². The van der Waals surface area contributed by atoms with Gasteiger partial charge in [0.1, 0.15) is 5.54 Å².